The van der Waals surface area contributed by atoms with Gasteiger partial charge < -0.3 is 9.88 Å². The number of H-pyrrole nitrogens is 1. The third kappa shape index (κ3) is 4.93. The highest BCUT2D eigenvalue weighted by Gasteiger charge is 2.19. The standard InChI is InChI=1S/C26H28FN3O/c1-18-14-21(25-17-29-26-15-23(27)7-8-24(25)26)5-6-22(18)16-28-11-3-4-20-9-12-30(13-10-20)19(2)31/h3,5-8,11,14-17,20,29H,4,9-10,12-13H2,1-2H3. The average molecular weight is 418 g/mol. The molecule has 2 heterocycles. The highest BCUT2D eigenvalue weighted by molar-refractivity contribution is 5.96. The number of rotatable bonds is 5. The van der Waals surface area contributed by atoms with Crippen molar-refractivity contribution < 1.29 is 9.18 Å². The third-order valence-corrected chi connectivity index (χ3v) is 6.16. The van der Waals surface area contributed by atoms with E-state index in [0.717, 1.165) is 65.5 Å². The number of carbonyl (C=O) groups is 1. The Kier molecular flexibility index (Phi) is 6.31. The van der Waals surface area contributed by atoms with Crippen LogP contribution in [-0.4, -0.2) is 35.1 Å². The number of carbonyl (C=O) groups excluding carboxylic acids is 1. The molecule has 1 N–H and O–H groups in total. The van der Waals surface area contributed by atoms with Crippen LogP contribution in [0.3, 0.4) is 0 Å². The van der Waals surface area contributed by atoms with E-state index in [9.17, 15) is 9.18 Å². The first-order chi connectivity index (χ1) is 15.0. The Morgan fingerprint density at radius 1 is 1.23 bits per heavy atom. The van der Waals surface area contributed by atoms with E-state index in [1.807, 2.05) is 29.6 Å². The lowest BCUT2D eigenvalue weighted by atomic mass is 9.93. The van der Waals surface area contributed by atoms with Crippen LogP contribution >= 0.6 is 0 Å². The van der Waals surface area contributed by atoms with Crippen LogP contribution in [0.25, 0.3) is 22.0 Å². The first kappa shape index (κ1) is 21.0. The normalized spacial score (nSPS) is 15.5. The van der Waals surface area contributed by atoms with Crippen molar-refractivity contribution in [2.75, 3.05) is 13.1 Å². The predicted octanol–water partition coefficient (Wildman–Crippen LogP) is 5.86. The number of aryl methyl sites for hydroxylation is 1. The van der Waals surface area contributed by atoms with E-state index in [1.54, 1.807) is 6.92 Å². The summed E-state index contributed by atoms with van der Waals surface area (Å²) in [5.41, 5.74) is 5.18. The molecule has 5 heteroatoms. The quantitative estimate of drug-likeness (QED) is 0.519. The fourth-order valence-electron chi connectivity index (χ4n) is 4.25. The molecular formula is C26H28FN3O. The molecule has 160 valence electrons. The van der Waals surface area contributed by atoms with Gasteiger partial charge in [0, 0.05) is 55.1 Å². The molecule has 3 aromatic rings. The van der Waals surface area contributed by atoms with Gasteiger partial charge in [-0.15, -0.1) is 0 Å². The van der Waals surface area contributed by atoms with Crippen molar-refractivity contribution in [2.24, 2.45) is 10.9 Å². The summed E-state index contributed by atoms with van der Waals surface area (Å²) in [7, 11) is 0. The van der Waals surface area contributed by atoms with Gasteiger partial charge in [0.25, 0.3) is 0 Å². The summed E-state index contributed by atoms with van der Waals surface area (Å²) in [6.07, 6.45) is 10.9. The zero-order valence-corrected chi connectivity index (χ0v) is 18.1. The number of nitrogens with zero attached hydrogens (tertiary/aromatic N) is 2. The lowest BCUT2D eigenvalue weighted by molar-refractivity contribution is -0.130. The maximum absolute atomic E-state index is 13.4. The number of aromatic nitrogens is 1. The highest BCUT2D eigenvalue weighted by atomic mass is 19.1. The van der Waals surface area contributed by atoms with Crippen molar-refractivity contribution >= 4 is 23.0 Å². The molecule has 1 saturated heterocycles. The van der Waals surface area contributed by atoms with Crippen molar-refractivity contribution in [1.82, 2.24) is 9.88 Å². The number of fused-ring (bicyclic) bond motifs is 1. The second-order valence-electron chi connectivity index (χ2n) is 8.31. The number of allylic oxidation sites excluding steroid dienone is 1. The number of nitrogens with one attached hydrogen (secondary N) is 1. The zero-order chi connectivity index (χ0) is 21.8. The number of likely N-dealkylation sites (tertiary alicyclic amines) is 1. The Morgan fingerprint density at radius 3 is 2.77 bits per heavy atom. The predicted molar refractivity (Wildman–Crippen MR) is 125 cm³/mol. The van der Waals surface area contributed by atoms with Gasteiger partial charge >= 0.3 is 0 Å². The molecule has 0 radical (unpaired) electrons. The Bertz CT molecular complexity index is 1140. The maximum atomic E-state index is 13.4. The summed E-state index contributed by atoms with van der Waals surface area (Å²) in [5.74, 6) is 0.574. The van der Waals surface area contributed by atoms with Gasteiger partial charge in [-0.2, -0.15) is 0 Å². The molecule has 1 aliphatic heterocycles. The molecule has 1 fully saturated rings. The fourth-order valence-corrected chi connectivity index (χ4v) is 4.25. The van der Waals surface area contributed by atoms with E-state index in [-0.39, 0.29) is 11.7 Å². The number of hydrogen-bond donors (Lipinski definition) is 1. The molecule has 31 heavy (non-hydrogen) atoms. The summed E-state index contributed by atoms with van der Waals surface area (Å²) in [4.78, 5) is 20.9. The molecule has 0 unspecified atom stereocenters. The van der Waals surface area contributed by atoms with Gasteiger partial charge in [0.2, 0.25) is 5.91 Å². The lowest BCUT2D eigenvalue weighted by Gasteiger charge is -2.30. The molecule has 1 aliphatic rings. The smallest absolute Gasteiger partial charge is 0.219 e. The fraction of sp³-hybridized carbons (Fsp3) is 0.308. The van der Waals surface area contributed by atoms with E-state index in [0.29, 0.717) is 5.92 Å². The lowest BCUT2D eigenvalue weighted by Crippen LogP contribution is -2.36. The maximum Gasteiger partial charge on any atom is 0.219 e. The molecule has 0 bridgehead atoms. The number of piperidine rings is 1. The number of aromatic amines is 1. The average Bonchev–Trinajstić information content (AvgIpc) is 3.17. The summed E-state index contributed by atoms with van der Waals surface area (Å²) in [6.45, 7) is 5.46. The number of aliphatic imine (C=N–C) groups is 1. The van der Waals surface area contributed by atoms with Gasteiger partial charge in [-0.3, -0.25) is 9.79 Å². The van der Waals surface area contributed by atoms with Crippen molar-refractivity contribution in [3.8, 4) is 11.1 Å². The largest absolute Gasteiger partial charge is 0.360 e. The number of benzene rings is 2. The Hall–Kier alpha value is -3.21. The van der Waals surface area contributed by atoms with Crippen LogP contribution in [0.15, 0.2) is 59.9 Å². The molecule has 0 spiro atoms. The molecular weight excluding hydrogens is 389 g/mol. The molecule has 0 aliphatic carbocycles. The van der Waals surface area contributed by atoms with E-state index in [2.05, 4.69) is 41.2 Å². The first-order valence-electron chi connectivity index (χ1n) is 10.8. The summed E-state index contributed by atoms with van der Waals surface area (Å²) in [6, 6.07) is 11.1. The van der Waals surface area contributed by atoms with Crippen LogP contribution in [0.5, 0.6) is 0 Å². The third-order valence-electron chi connectivity index (χ3n) is 6.16. The molecule has 0 saturated carbocycles. The summed E-state index contributed by atoms with van der Waals surface area (Å²) in [5, 5.41) is 1.01. The minimum absolute atomic E-state index is 0.179. The van der Waals surface area contributed by atoms with Crippen LogP contribution in [0, 0.1) is 18.7 Å². The molecule has 2 aromatic carbocycles. The van der Waals surface area contributed by atoms with Gasteiger partial charge in [-0.25, -0.2) is 4.39 Å². The molecule has 4 nitrogen and oxygen atoms in total. The first-order valence-corrected chi connectivity index (χ1v) is 10.8. The summed E-state index contributed by atoms with van der Waals surface area (Å²) >= 11 is 0. The van der Waals surface area contributed by atoms with Gasteiger partial charge in [-0.05, 0) is 67.0 Å². The molecule has 0 atom stereocenters. The number of amides is 1. The van der Waals surface area contributed by atoms with Crippen molar-refractivity contribution in [2.45, 2.75) is 33.1 Å². The van der Waals surface area contributed by atoms with Gasteiger partial charge in [-0.1, -0.05) is 24.3 Å². The Morgan fingerprint density at radius 2 is 2.03 bits per heavy atom. The SMILES string of the molecule is CC(=O)N1CCC(CC=CN=Cc2ccc(-c3c[nH]c4cc(F)ccc34)cc2C)CC1. The highest BCUT2D eigenvalue weighted by Crippen LogP contribution is 2.30. The van der Waals surface area contributed by atoms with Crippen LogP contribution < -0.4 is 0 Å². The van der Waals surface area contributed by atoms with Crippen LogP contribution in [0.2, 0.25) is 0 Å². The topological polar surface area (TPSA) is 48.5 Å². The van der Waals surface area contributed by atoms with Crippen molar-refractivity contribution in [3.63, 3.8) is 0 Å². The number of halogens is 1. The molecule has 4 rings (SSSR count). The monoisotopic (exact) mass is 417 g/mol. The molecule has 1 aromatic heterocycles. The van der Waals surface area contributed by atoms with Crippen molar-refractivity contribution in [1.29, 1.82) is 0 Å². The molecule has 1 amide bonds. The second-order valence-corrected chi connectivity index (χ2v) is 8.31. The van der Waals surface area contributed by atoms with E-state index in [1.165, 1.54) is 12.1 Å². The Labute approximate surface area is 182 Å². The van der Waals surface area contributed by atoms with E-state index >= 15 is 0 Å². The van der Waals surface area contributed by atoms with Gasteiger partial charge in [0.1, 0.15) is 5.82 Å². The summed E-state index contributed by atoms with van der Waals surface area (Å²) < 4.78 is 13.4. The van der Waals surface area contributed by atoms with Crippen molar-refractivity contribution in [3.05, 3.63) is 71.8 Å². The van der Waals surface area contributed by atoms with Gasteiger partial charge in [0.15, 0.2) is 0 Å². The van der Waals surface area contributed by atoms with Crippen LogP contribution in [0.4, 0.5) is 4.39 Å². The minimum atomic E-state index is -0.238. The van der Waals surface area contributed by atoms with Crippen LogP contribution in [-0.2, 0) is 4.79 Å². The van der Waals surface area contributed by atoms with Gasteiger partial charge in [0.05, 0.1) is 0 Å². The minimum Gasteiger partial charge on any atom is -0.360 e. The number of hydrogen-bond acceptors (Lipinski definition) is 2. The Balaban J connectivity index is 1.37. The van der Waals surface area contributed by atoms with Crippen LogP contribution in [0.1, 0.15) is 37.3 Å². The van der Waals surface area contributed by atoms with E-state index < -0.39 is 0 Å². The van der Waals surface area contributed by atoms with E-state index in [4.69, 9.17) is 0 Å². The zero-order valence-electron chi connectivity index (χ0n) is 18.1. The second kappa shape index (κ2) is 9.29.